The molecule has 1 unspecified atom stereocenters. The number of thiazole rings is 1. The van der Waals surface area contributed by atoms with E-state index in [1.807, 2.05) is 32.2 Å². The van der Waals surface area contributed by atoms with Gasteiger partial charge in [-0.15, -0.1) is 11.3 Å². The summed E-state index contributed by atoms with van der Waals surface area (Å²) < 4.78 is 0. The minimum atomic E-state index is -0.463. The number of allylic oxidation sites excluding steroid dienone is 2. The summed E-state index contributed by atoms with van der Waals surface area (Å²) in [7, 11) is 0. The van der Waals surface area contributed by atoms with Gasteiger partial charge in [0.15, 0.2) is 0 Å². The van der Waals surface area contributed by atoms with Crippen molar-refractivity contribution in [3.8, 4) is 0 Å². The fraction of sp³-hybridized carbons (Fsp3) is 0.333. The minimum absolute atomic E-state index is 0.463. The Morgan fingerprint density at radius 1 is 1.38 bits per heavy atom. The zero-order valence-electron chi connectivity index (χ0n) is 9.56. The van der Waals surface area contributed by atoms with E-state index in [9.17, 15) is 5.11 Å². The smallest absolute Gasteiger partial charge is 0.209 e. The highest BCUT2D eigenvalue weighted by Gasteiger charge is 2.19. The molecule has 0 aliphatic heterocycles. The Bertz CT molecular complexity index is 483. The van der Waals surface area contributed by atoms with Crippen molar-refractivity contribution in [3.05, 3.63) is 34.4 Å². The Morgan fingerprint density at radius 2 is 2.12 bits per heavy atom. The van der Waals surface area contributed by atoms with Crippen LogP contribution in [0.1, 0.15) is 20.8 Å². The maximum absolute atomic E-state index is 9.87. The summed E-state index contributed by atoms with van der Waals surface area (Å²) in [4.78, 5) is 8.60. The van der Waals surface area contributed by atoms with E-state index >= 15 is 0 Å². The number of aliphatic imine (C=N–C) groups is 1. The largest absolute Gasteiger partial charge is 0.384 e. The van der Waals surface area contributed by atoms with Crippen LogP contribution in [0.25, 0.3) is 0 Å². The zero-order valence-corrected chi connectivity index (χ0v) is 10.4. The van der Waals surface area contributed by atoms with E-state index in [1.165, 1.54) is 11.3 Å². The van der Waals surface area contributed by atoms with Crippen LogP contribution in [0.5, 0.6) is 0 Å². The van der Waals surface area contributed by atoms with Gasteiger partial charge in [0.25, 0.3) is 0 Å². The lowest BCUT2D eigenvalue weighted by molar-refractivity contribution is 0.245. The Morgan fingerprint density at radius 3 is 2.75 bits per heavy atom. The van der Waals surface area contributed by atoms with Gasteiger partial charge >= 0.3 is 0 Å². The van der Waals surface area contributed by atoms with E-state index in [1.54, 1.807) is 6.20 Å². The molecule has 4 heteroatoms. The van der Waals surface area contributed by atoms with E-state index in [0.29, 0.717) is 0 Å². The van der Waals surface area contributed by atoms with Gasteiger partial charge in [0, 0.05) is 11.6 Å². The molecule has 1 aromatic rings. The van der Waals surface area contributed by atoms with Crippen molar-refractivity contribution in [2.75, 3.05) is 0 Å². The van der Waals surface area contributed by atoms with Crippen molar-refractivity contribution < 1.29 is 5.11 Å². The topological polar surface area (TPSA) is 45.5 Å². The van der Waals surface area contributed by atoms with Crippen molar-refractivity contribution in [3.63, 3.8) is 0 Å². The molecule has 0 radical (unpaired) electrons. The Balaban J connectivity index is 2.43. The molecule has 3 nitrogen and oxygen atoms in total. The average Bonchev–Trinajstić information content (AvgIpc) is 2.76. The summed E-state index contributed by atoms with van der Waals surface area (Å²) in [5, 5.41) is 12.5. The minimum Gasteiger partial charge on any atom is -0.384 e. The van der Waals surface area contributed by atoms with Gasteiger partial charge in [0.1, 0.15) is 0 Å². The van der Waals surface area contributed by atoms with Gasteiger partial charge in [0.2, 0.25) is 5.13 Å². The molecule has 1 N–H and O–H groups in total. The maximum atomic E-state index is 9.87. The summed E-state index contributed by atoms with van der Waals surface area (Å²) in [6, 6.07) is 0. The molecule has 0 saturated heterocycles. The molecule has 0 aromatic carbocycles. The van der Waals surface area contributed by atoms with Gasteiger partial charge < -0.3 is 5.11 Å². The maximum Gasteiger partial charge on any atom is 0.209 e. The second-order valence-corrected chi connectivity index (χ2v) is 4.78. The SMILES string of the molecule is CC1=CC(=Nc2nccs2)C(C)=C(C)C1O. The standard InChI is InChI=1S/C12H14N2OS/c1-7-6-10(8(2)9(3)11(7)15)14-12-13-4-5-16-12/h4-6,11,15H,1-3H3. The first-order valence-corrected chi connectivity index (χ1v) is 5.99. The number of aliphatic hydroxyl groups excluding tert-OH is 1. The Labute approximate surface area is 98.9 Å². The van der Waals surface area contributed by atoms with Crippen molar-refractivity contribution >= 4 is 22.2 Å². The van der Waals surface area contributed by atoms with Crippen molar-refractivity contribution in [1.82, 2.24) is 4.98 Å². The first-order valence-electron chi connectivity index (χ1n) is 5.12. The lowest BCUT2D eigenvalue weighted by Gasteiger charge is -2.21. The van der Waals surface area contributed by atoms with Crippen LogP contribution >= 0.6 is 11.3 Å². The predicted octanol–water partition coefficient (Wildman–Crippen LogP) is 2.87. The predicted molar refractivity (Wildman–Crippen MR) is 67.3 cm³/mol. The van der Waals surface area contributed by atoms with E-state index in [2.05, 4.69) is 9.98 Å². The fourth-order valence-electron chi connectivity index (χ4n) is 1.64. The summed E-state index contributed by atoms with van der Waals surface area (Å²) in [6.07, 6.45) is 3.20. The molecular weight excluding hydrogens is 220 g/mol. The van der Waals surface area contributed by atoms with E-state index in [0.717, 1.165) is 27.6 Å². The third-order valence-electron chi connectivity index (χ3n) is 2.82. The van der Waals surface area contributed by atoms with Crippen LogP contribution < -0.4 is 0 Å². The molecule has 16 heavy (non-hydrogen) atoms. The highest BCUT2D eigenvalue weighted by molar-refractivity contribution is 7.13. The number of rotatable bonds is 1. The summed E-state index contributed by atoms with van der Waals surface area (Å²) >= 11 is 1.51. The molecule has 0 fully saturated rings. The number of aromatic nitrogens is 1. The second-order valence-electron chi connectivity index (χ2n) is 3.91. The third-order valence-corrected chi connectivity index (χ3v) is 3.48. The van der Waals surface area contributed by atoms with Crippen LogP contribution in [0.15, 0.2) is 39.4 Å². The van der Waals surface area contributed by atoms with E-state index in [-0.39, 0.29) is 0 Å². The molecule has 0 saturated carbocycles. The first kappa shape index (κ1) is 11.2. The summed E-state index contributed by atoms with van der Waals surface area (Å²) in [5.41, 5.74) is 3.83. The van der Waals surface area contributed by atoms with Crippen molar-refractivity contribution in [2.24, 2.45) is 4.99 Å². The number of nitrogens with zero attached hydrogens (tertiary/aromatic N) is 2. The van der Waals surface area contributed by atoms with Crippen LogP contribution in [0.4, 0.5) is 5.13 Å². The molecule has 0 amide bonds. The summed E-state index contributed by atoms with van der Waals surface area (Å²) in [5.74, 6) is 0. The molecule has 1 atom stereocenters. The monoisotopic (exact) mass is 234 g/mol. The molecule has 1 aliphatic rings. The van der Waals surface area contributed by atoms with Gasteiger partial charge in [-0.05, 0) is 43.6 Å². The van der Waals surface area contributed by atoms with Crippen LogP contribution in [-0.2, 0) is 0 Å². The van der Waals surface area contributed by atoms with Crippen LogP contribution in [0, 0.1) is 0 Å². The molecule has 2 rings (SSSR count). The molecule has 1 heterocycles. The first-order chi connectivity index (χ1) is 7.59. The quantitative estimate of drug-likeness (QED) is 0.812. The second kappa shape index (κ2) is 4.31. The van der Waals surface area contributed by atoms with Gasteiger partial charge in [0.05, 0.1) is 11.8 Å². The van der Waals surface area contributed by atoms with Crippen LogP contribution in [0.3, 0.4) is 0 Å². The van der Waals surface area contributed by atoms with Gasteiger partial charge in [-0.2, -0.15) is 0 Å². The average molecular weight is 234 g/mol. The molecule has 1 aromatic heterocycles. The van der Waals surface area contributed by atoms with Gasteiger partial charge in [-0.1, -0.05) is 0 Å². The fourth-order valence-corrected chi connectivity index (χ4v) is 2.16. The molecule has 0 spiro atoms. The Kier molecular flexibility index (Phi) is 3.03. The highest BCUT2D eigenvalue weighted by atomic mass is 32.1. The molecule has 0 bridgehead atoms. The van der Waals surface area contributed by atoms with Gasteiger partial charge in [-0.3, -0.25) is 0 Å². The zero-order chi connectivity index (χ0) is 11.7. The Hall–Kier alpha value is -1.26. The molecule has 1 aliphatic carbocycles. The molecular formula is C12H14N2OS. The highest BCUT2D eigenvalue weighted by Crippen LogP contribution is 2.25. The van der Waals surface area contributed by atoms with Gasteiger partial charge in [-0.25, -0.2) is 9.98 Å². The summed E-state index contributed by atoms with van der Waals surface area (Å²) in [6.45, 7) is 5.83. The van der Waals surface area contributed by atoms with E-state index < -0.39 is 6.10 Å². The lowest BCUT2D eigenvalue weighted by Crippen LogP contribution is -2.19. The van der Waals surface area contributed by atoms with Crippen LogP contribution in [-0.4, -0.2) is 21.9 Å². The lowest BCUT2D eigenvalue weighted by atomic mass is 9.90. The van der Waals surface area contributed by atoms with Crippen molar-refractivity contribution in [2.45, 2.75) is 26.9 Å². The number of aliphatic hydroxyl groups is 1. The van der Waals surface area contributed by atoms with Crippen molar-refractivity contribution in [1.29, 1.82) is 0 Å². The number of hydrogen-bond acceptors (Lipinski definition) is 4. The third kappa shape index (κ3) is 1.99. The van der Waals surface area contributed by atoms with Crippen LogP contribution in [0.2, 0.25) is 0 Å². The van der Waals surface area contributed by atoms with E-state index in [4.69, 9.17) is 0 Å². The molecule has 84 valence electrons. The number of hydrogen-bond donors (Lipinski definition) is 1. The normalized spacial score (nSPS) is 23.9.